The Morgan fingerprint density at radius 2 is 1.50 bits per heavy atom. The molecule has 0 aliphatic carbocycles. The second-order valence-electron chi connectivity index (χ2n) is 0.580. The summed E-state index contributed by atoms with van der Waals surface area (Å²) < 4.78 is 31.3. The molecule has 0 unspecified atom stereocenters. The Hall–Kier alpha value is -0.610. The monoisotopic (exact) mass is 98.0 g/mol. The first-order valence-corrected chi connectivity index (χ1v) is 1.01. The maximum absolute atomic E-state index is 10.4. The van der Waals surface area contributed by atoms with Gasteiger partial charge in [0.15, 0.2) is 0 Å². The molecule has 0 bridgehead atoms. The van der Waals surface area contributed by atoms with Crippen LogP contribution in [-0.4, -0.2) is 6.30 Å². The van der Waals surface area contributed by atoms with E-state index in [1.165, 1.54) is 5.11 Å². The van der Waals surface area contributed by atoms with Crippen molar-refractivity contribution in [2.75, 3.05) is 0 Å². The molecule has 0 aromatic heterocycles. The third kappa shape index (κ3) is 3.39. The van der Waals surface area contributed by atoms with Crippen LogP contribution in [0.4, 0.5) is 13.2 Å². The minimum Gasteiger partial charge on any atom is -0.201 e. The smallest absolute Gasteiger partial charge is 0.201 e. The van der Waals surface area contributed by atoms with E-state index in [1.807, 2.05) is 0 Å². The van der Waals surface area contributed by atoms with E-state index in [1.54, 1.807) is 0 Å². The average Bonchev–Trinajstić information content (AvgIpc) is 1.35. The maximum atomic E-state index is 10.4. The number of hydrogen-bond acceptors (Lipinski definition) is 2. The van der Waals surface area contributed by atoms with E-state index >= 15 is 0 Å². The van der Waals surface area contributed by atoms with Crippen molar-refractivity contribution in [2.45, 2.75) is 6.30 Å². The van der Waals surface area contributed by atoms with Crippen LogP contribution in [0.2, 0.25) is 0 Å². The molecule has 0 heterocycles. The first-order valence-electron chi connectivity index (χ1n) is 1.01. The number of hydrogen-bond donors (Lipinski definition) is 1. The first kappa shape index (κ1) is 5.39. The Labute approximate surface area is 31.5 Å². The van der Waals surface area contributed by atoms with Crippen LogP contribution in [0.25, 0.3) is 0 Å². The van der Waals surface area contributed by atoms with Gasteiger partial charge in [-0.05, 0) is 0 Å². The zero-order chi connectivity index (χ0) is 5.21. The Balaban J connectivity index is 3.45. The molecule has 0 rings (SSSR count). The highest BCUT2D eigenvalue weighted by atomic mass is 19.4. The fourth-order valence-electron chi connectivity index (χ4n) is 0. The predicted molar refractivity (Wildman–Crippen MR) is 11.2 cm³/mol. The lowest BCUT2D eigenvalue weighted by molar-refractivity contribution is -0.128. The zero-order valence-corrected chi connectivity index (χ0v) is 2.58. The van der Waals surface area contributed by atoms with Gasteiger partial charge in [0.05, 0.1) is 0 Å². The molecule has 0 saturated carbocycles. The van der Waals surface area contributed by atoms with Crippen molar-refractivity contribution in [3.63, 3.8) is 0 Å². The predicted octanol–water partition coefficient (Wildman–Crippen LogP) is 1.54. The lowest BCUT2D eigenvalue weighted by Gasteiger charge is -1.88. The van der Waals surface area contributed by atoms with Crippen LogP contribution in [0.3, 0.4) is 0 Å². The van der Waals surface area contributed by atoms with E-state index in [4.69, 9.17) is 5.53 Å². The maximum Gasteiger partial charge on any atom is 0.520 e. The van der Waals surface area contributed by atoms with Gasteiger partial charge in [-0.2, -0.15) is 0 Å². The lowest BCUT2D eigenvalue weighted by Crippen LogP contribution is -1.98. The van der Waals surface area contributed by atoms with Gasteiger partial charge in [0.25, 0.3) is 0 Å². The SMILES string of the molecule is N=NC(F)(F)F. The van der Waals surface area contributed by atoms with E-state index in [2.05, 4.69) is 0 Å². The summed E-state index contributed by atoms with van der Waals surface area (Å²) in [6.07, 6.45) is -4.67. The summed E-state index contributed by atoms with van der Waals surface area (Å²) in [6, 6.07) is 0. The molecule has 0 radical (unpaired) electrons. The number of alkyl halides is 3. The summed E-state index contributed by atoms with van der Waals surface area (Å²) in [5, 5.41) is 1.27. The minimum atomic E-state index is -4.67. The molecule has 6 heavy (non-hydrogen) atoms. The van der Waals surface area contributed by atoms with Gasteiger partial charge < -0.3 is 0 Å². The first-order chi connectivity index (χ1) is 2.56. The Bertz CT molecular complexity index is 54.3. The molecule has 0 fully saturated rings. The van der Waals surface area contributed by atoms with Crippen LogP contribution in [0, 0.1) is 5.53 Å². The van der Waals surface area contributed by atoms with E-state index in [-0.39, 0.29) is 0 Å². The normalized spacial score (nSPS) is 11.2. The van der Waals surface area contributed by atoms with Crippen molar-refractivity contribution in [3.05, 3.63) is 0 Å². The van der Waals surface area contributed by atoms with Crippen LogP contribution in [0.15, 0.2) is 5.11 Å². The number of halogens is 3. The Kier molecular flexibility index (Phi) is 1.11. The standard InChI is InChI=1S/CHF3N2/c2-1(3,4)6-5/h5H. The number of nitrogens with one attached hydrogen (secondary N) is 1. The van der Waals surface area contributed by atoms with Gasteiger partial charge in [0.1, 0.15) is 0 Å². The van der Waals surface area contributed by atoms with Crippen LogP contribution in [-0.2, 0) is 0 Å². The molecule has 0 atom stereocenters. The lowest BCUT2D eigenvalue weighted by atomic mass is 11.2. The molecule has 0 amide bonds. The van der Waals surface area contributed by atoms with Gasteiger partial charge >= 0.3 is 6.30 Å². The molecule has 0 aliphatic rings. The summed E-state index contributed by atoms with van der Waals surface area (Å²) in [5.74, 6) is 0. The highest BCUT2D eigenvalue weighted by molar-refractivity contribution is 4.28. The number of nitrogens with zero attached hydrogens (tertiary/aromatic N) is 1. The second-order valence-corrected chi connectivity index (χ2v) is 0.580. The molecule has 36 valence electrons. The Morgan fingerprint density at radius 1 is 1.33 bits per heavy atom. The van der Waals surface area contributed by atoms with Gasteiger partial charge in [-0.25, -0.2) is 5.53 Å². The summed E-state index contributed by atoms with van der Waals surface area (Å²) in [4.78, 5) is 0. The summed E-state index contributed by atoms with van der Waals surface area (Å²) in [6.45, 7) is 0. The van der Waals surface area contributed by atoms with Crippen molar-refractivity contribution < 1.29 is 13.2 Å². The summed E-state index contributed by atoms with van der Waals surface area (Å²) in [7, 11) is 0. The molecule has 1 N–H and O–H groups in total. The fraction of sp³-hybridized carbons (Fsp3) is 1.00. The van der Waals surface area contributed by atoms with Crippen LogP contribution >= 0.6 is 0 Å². The molecule has 0 aromatic carbocycles. The second kappa shape index (κ2) is 1.24. The highest BCUT2D eigenvalue weighted by Gasteiger charge is 2.25. The third-order valence-corrected chi connectivity index (χ3v) is 0.127. The quantitative estimate of drug-likeness (QED) is 0.352. The van der Waals surface area contributed by atoms with Gasteiger partial charge in [-0.15, -0.1) is 13.2 Å². The van der Waals surface area contributed by atoms with Crippen LogP contribution in [0.1, 0.15) is 0 Å². The Morgan fingerprint density at radius 3 is 1.50 bits per heavy atom. The summed E-state index contributed by atoms with van der Waals surface area (Å²) in [5.41, 5.74) is 5.35. The van der Waals surface area contributed by atoms with Crippen molar-refractivity contribution in [2.24, 2.45) is 5.11 Å². The van der Waals surface area contributed by atoms with Crippen molar-refractivity contribution in [1.82, 2.24) is 0 Å². The third-order valence-electron chi connectivity index (χ3n) is 0.127. The van der Waals surface area contributed by atoms with Crippen molar-refractivity contribution in [1.29, 1.82) is 5.53 Å². The molecular weight excluding hydrogens is 97.0 g/mol. The van der Waals surface area contributed by atoms with Gasteiger partial charge in [-0.3, -0.25) is 0 Å². The van der Waals surface area contributed by atoms with Crippen LogP contribution < -0.4 is 0 Å². The van der Waals surface area contributed by atoms with Gasteiger partial charge in [-0.1, -0.05) is 5.11 Å². The van der Waals surface area contributed by atoms with E-state index in [0.717, 1.165) is 0 Å². The molecule has 0 spiro atoms. The minimum absolute atomic E-state index is 1.27. The van der Waals surface area contributed by atoms with E-state index in [9.17, 15) is 13.2 Å². The molecule has 0 aliphatic heterocycles. The zero-order valence-electron chi connectivity index (χ0n) is 2.58. The molecule has 0 aromatic rings. The molecular formula is CHF3N2. The summed E-state index contributed by atoms with van der Waals surface area (Å²) >= 11 is 0. The largest absolute Gasteiger partial charge is 0.520 e. The highest BCUT2D eigenvalue weighted by Crippen LogP contribution is 2.14. The van der Waals surface area contributed by atoms with E-state index < -0.39 is 6.30 Å². The van der Waals surface area contributed by atoms with Crippen LogP contribution in [0.5, 0.6) is 0 Å². The van der Waals surface area contributed by atoms with Crippen molar-refractivity contribution in [3.8, 4) is 0 Å². The van der Waals surface area contributed by atoms with Gasteiger partial charge in [0.2, 0.25) is 0 Å². The molecule has 5 heteroatoms. The van der Waals surface area contributed by atoms with Crippen molar-refractivity contribution >= 4 is 0 Å². The van der Waals surface area contributed by atoms with Gasteiger partial charge in [0, 0.05) is 0 Å². The number of rotatable bonds is 0. The molecule has 0 saturated heterocycles. The fourth-order valence-corrected chi connectivity index (χ4v) is 0. The average molecular weight is 98.0 g/mol. The van der Waals surface area contributed by atoms with E-state index in [0.29, 0.717) is 0 Å². The topological polar surface area (TPSA) is 36.2 Å². The molecule has 2 nitrogen and oxygen atoms in total.